The van der Waals surface area contributed by atoms with Crippen LogP contribution in [-0.4, -0.2) is 11.7 Å². The van der Waals surface area contributed by atoms with Crippen LogP contribution in [0.2, 0.25) is 0 Å². The molecule has 3 rings (SSSR count). The van der Waals surface area contributed by atoms with Gasteiger partial charge in [-0.2, -0.15) is 0 Å². The van der Waals surface area contributed by atoms with Gasteiger partial charge in [0.15, 0.2) is 0 Å². The van der Waals surface area contributed by atoms with Gasteiger partial charge in [-0.1, -0.05) is 69.3 Å². The molecular weight excluding hydrogens is 334 g/mol. The van der Waals surface area contributed by atoms with Crippen LogP contribution in [-0.2, 0) is 5.41 Å². The van der Waals surface area contributed by atoms with Crippen molar-refractivity contribution in [3.8, 4) is 11.4 Å². The van der Waals surface area contributed by atoms with Gasteiger partial charge in [0.2, 0.25) is 0 Å². The Balaban J connectivity index is 2.21. The molecule has 0 atom stereocenters. The Bertz CT molecular complexity index is 1010. The lowest BCUT2D eigenvalue weighted by Crippen LogP contribution is -2.19. The Kier molecular flexibility index (Phi) is 5.31. The highest BCUT2D eigenvalue weighted by molar-refractivity contribution is 5.75. The van der Waals surface area contributed by atoms with Crippen LogP contribution >= 0.6 is 0 Å². The summed E-state index contributed by atoms with van der Waals surface area (Å²) in [6.45, 7) is 6.44. The third-order valence-corrected chi connectivity index (χ3v) is 4.47. The molecule has 0 aliphatic rings. The molecule has 1 heterocycles. The van der Waals surface area contributed by atoms with Crippen molar-refractivity contribution in [2.75, 3.05) is 7.11 Å². The molecule has 2 aromatic carbocycles. The first-order valence-corrected chi connectivity index (χ1v) is 9.04. The average molecular weight is 359 g/mol. The molecule has 0 N–H and O–H groups in total. The van der Waals surface area contributed by atoms with Crippen molar-refractivity contribution in [2.24, 2.45) is 0 Å². The van der Waals surface area contributed by atoms with Crippen LogP contribution < -0.4 is 10.3 Å². The zero-order valence-corrected chi connectivity index (χ0v) is 16.3. The molecule has 0 spiro atoms. The number of ether oxygens (including phenoxy) is 1. The van der Waals surface area contributed by atoms with E-state index in [1.54, 1.807) is 30.0 Å². The molecule has 0 amide bonds. The summed E-state index contributed by atoms with van der Waals surface area (Å²) in [4.78, 5) is 12.3. The van der Waals surface area contributed by atoms with Crippen molar-refractivity contribution in [2.45, 2.75) is 26.2 Å². The summed E-state index contributed by atoms with van der Waals surface area (Å²) in [5.41, 5.74) is 3.76. The van der Waals surface area contributed by atoms with Crippen LogP contribution in [0.5, 0.6) is 5.75 Å². The standard InChI is InChI=1S/C24H25NO2/c1-24(2,3)21-17-20(25-15-9-8-12-22(25)26)16-19(23(21)27-4)14-13-18-10-6-5-7-11-18/h5-17H,1-4H3/b14-13+. The van der Waals surface area contributed by atoms with E-state index in [2.05, 4.69) is 39.0 Å². The maximum absolute atomic E-state index is 12.3. The summed E-state index contributed by atoms with van der Waals surface area (Å²) in [6.07, 6.45) is 5.89. The van der Waals surface area contributed by atoms with Crippen LogP contribution in [0.1, 0.15) is 37.5 Å². The lowest BCUT2D eigenvalue weighted by atomic mass is 9.84. The van der Waals surface area contributed by atoms with E-state index in [-0.39, 0.29) is 11.0 Å². The van der Waals surface area contributed by atoms with E-state index in [0.29, 0.717) is 0 Å². The number of benzene rings is 2. The highest BCUT2D eigenvalue weighted by Crippen LogP contribution is 2.37. The Morgan fingerprint density at radius 1 is 0.926 bits per heavy atom. The Morgan fingerprint density at radius 3 is 2.26 bits per heavy atom. The van der Waals surface area contributed by atoms with Gasteiger partial charge in [0.1, 0.15) is 5.75 Å². The summed E-state index contributed by atoms with van der Waals surface area (Å²) in [5.74, 6) is 0.836. The number of rotatable bonds is 4. The van der Waals surface area contributed by atoms with Crippen LogP contribution in [0.15, 0.2) is 71.7 Å². The third-order valence-electron chi connectivity index (χ3n) is 4.47. The fraction of sp³-hybridized carbons (Fsp3) is 0.208. The van der Waals surface area contributed by atoms with Gasteiger partial charge in [-0.05, 0) is 29.2 Å². The fourth-order valence-electron chi connectivity index (χ4n) is 3.07. The quantitative estimate of drug-likeness (QED) is 0.591. The molecular formula is C24H25NO2. The molecule has 138 valence electrons. The van der Waals surface area contributed by atoms with E-state index in [1.807, 2.05) is 42.5 Å². The van der Waals surface area contributed by atoms with Gasteiger partial charge in [0, 0.05) is 29.1 Å². The number of aromatic nitrogens is 1. The maximum atomic E-state index is 12.3. The minimum atomic E-state index is -0.130. The Morgan fingerprint density at radius 2 is 1.63 bits per heavy atom. The van der Waals surface area contributed by atoms with Gasteiger partial charge >= 0.3 is 0 Å². The molecule has 0 saturated carbocycles. The van der Waals surface area contributed by atoms with E-state index < -0.39 is 0 Å². The van der Waals surface area contributed by atoms with Gasteiger partial charge in [-0.3, -0.25) is 9.36 Å². The number of hydrogen-bond donors (Lipinski definition) is 0. The molecule has 27 heavy (non-hydrogen) atoms. The summed E-state index contributed by atoms with van der Waals surface area (Å²) in [5, 5.41) is 0. The van der Waals surface area contributed by atoms with Gasteiger partial charge in [0.05, 0.1) is 7.11 Å². The Labute approximate surface area is 160 Å². The summed E-state index contributed by atoms with van der Waals surface area (Å²) < 4.78 is 7.44. The number of hydrogen-bond acceptors (Lipinski definition) is 2. The molecule has 0 aliphatic heterocycles. The minimum absolute atomic E-state index is 0.0551. The van der Waals surface area contributed by atoms with Crippen molar-refractivity contribution in [1.82, 2.24) is 4.57 Å². The van der Waals surface area contributed by atoms with Crippen molar-refractivity contribution in [1.29, 1.82) is 0 Å². The van der Waals surface area contributed by atoms with Crippen LogP contribution in [0.3, 0.4) is 0 Å². The zero-order chi connectivity index (χ0) is 19.4. The van der Waals surface area contributed by atoms with Crippen molar-refractivity contribution >= 4 is 12.2 Å². The fourth-order valence-corrected chi connectivity index (χ4v) is 3.07. The number of methoxy groups -OCH3 is 1. The number of pyridine rings is 1. The third kappa shape index (κ3) is 4.20. The molecule has 0 saturated heterocycles. The highest BCUT2D eigenvalue weighted by Gasteiger charge is 2.22. The van der Waals surface area contributed by atoms with Crippen molar-refractivity contribution in [3.63, 3.8) is 0 Å². The molecule has 0 fully saturated rings. The van der Waals surface area contributed by atoms with Gasteiger partial charge in [0.25, 0.3) is 5.56 Å². The predicted octanol–water partition coefficient (Wildman–Crippen LogP) is 5.31. The molecule has 0 radical (unpaired) electrons. The second-order valence-corrected chi connectivity index (χ2v) is 7.52. The normalized spacial score (nSPS) is 11.7. The number of nitrogens with zero attached hydrogens (tertiary/aromatic N) is 1. The second-order valence-electron chi connectivity index (χ2n) is 7.52. The van der Waals surface area contributed by atoms with E-state index in [1.165, 1.54) is 0 Å². The highest BCUT2D eigenvalue weighted by atomic mass is 16.5. The van der Waals surface area contributed by atoms with Crippen LogP contribution in [0.4, 0.5) is 0 Å². The molecule has 3 nitrogen and oxygen atoms in total. The van der Waals surface area contributed by atoms with E-state index in [4.69, 9.17) is 4.74 Å². The molecule has 0 bridgehead atoms. The van der Waals surface area contributed by atoms with E-state index in [9.17, 15) is 4.79 Å². The SMILES string of the molecule is COc1c(/C=C/c2ccccc2)cc(-n2ccccc2=O)cc1C(C)(C)C. The lowest BCUT2D eigenvalue weighted by Gasteiger charge is -2.25. The van der Waals surface area contributed by atoms with Gasteiger partial charge in [-0.25, -0.2) is 0 Å². The first kappa shape index (κ1) is 18.7. The first-order valence-electron chi connectivity index (χ1n) is 9.04. The summed E-state index contributed by atoms with van der Waals surface area (Å²) in [7, 11) is 1.69. The first-order chi connectivity index (χ1) is 12.9. The van der Waals surface area contributed by atoms with E-state index >= 15 is 0 Å². The molecule has 0 aliphatic carbocycles. The van der Waals surface area contributed by atoms with Gasteiger partial charge in [-0.15, -0.1) is 0 Å². The monoisotopic (exact) mass is 359 g/mol. The molecule has 1 aromatic heterocycles. The second kappa shape index (κ2) is 7.67. The van der Waals surface area contributed by atoms with Crippen LogP contribution in [0.25, 0.3) is 17.8 Å². The Hall–Kier alpha value is -3.07. The largest absolute Gasteiger partial charge is 0.496 e. The van der Waals surface area contributed by atoms with Crippen LogP contribution in [0, 0.1) is 0 Å². The van der Waals surface area contributed by atoms with Crippen molar-refractivity contribution in [3.05, 3.63) is 93.9 Å². The molecule has 3 heteroatoms. The average Bonchev–Trinajstić information content (AvgIpc) is 2.66. The smallest absolute Gasteiger partial charge is 0.255 e. The zero-order valence-electron chi connectivity index (χ0n) is 16.3. The molecule has 3 aromatic rings. The minimum Gasteiger partial charge on any atom is -0.496 e. The lowest BCUT2D eigenvalue weighted by molar-refractivity contribution is 0.396. The summed E-state index contributed by atoms with van der Waals surface area (Å²) in [6, 6.07) is 19.4. The maximum Gasteiger partial charge on any atom is 0.255 e. The van der Waals surface area contributed by atoms with Crippen molar-refractivity contribution < 1.29 is 4.74 Å². The van der Waals surface area contributed by atoms with Gasteiger partial charge < -0.3 is 4.74 Å². The topological polar surface area (TPSA) is 31.2 Å². The van der Waals surface area contributed by atoms with E-state index in [0.717, 1.165) is 28.1 Å². The predicted molar refractivity (Wildman–Crippen MR) is 113 cm³/mol. The summed E-state index contributed by atoms with van der Waals surface area (Å²) >= 11 is 0. The molecule has 0 unspecified atom stereocenters.